The molecule has 0 bridgehead atoms. The van der Waals surface area contributed by atoms with Gasteiger partial charge in [-0.3, -0.25) is 4.79 Å². The SMILES string of the molecule is CCOc1ccc(C(=O)NCCN2CCCC(C)C2)cc1C. The topological polar surface area (TPSA) is 41.6 Å². The fraction of sp³-hybridized carbons (Fsp3) is 0.611. The molecule has 1 aliphatic rings. The molecule has 122 valence electrons. The van der Waals surface area contributed by atoms with Gasteiger partial charge in [0.2, 0.25) is 0 Å². The zero-order valence-corrected chi connectivity index (χ0v) is 14.0. The number of ether oxygens (including phenoxy) is 1. The van der Waals surface area contributed by atoms with Crippen LogP contribution in [0.4, 0.5) is 0 Å². The number of piperidine rings is 1. The molecule has 1 aromatic rings. The molecule has 1 atom stereocenters. The summed E-state index contributed by atoms with van der Waals surface area (Å²) >= 11 is 0. The van der Waals surface area contributed by atoms with Gasteiger partial charge in [0.15, 0.2) is 0 Å². The normalized spacial score (nSPS) is 19.0. The number of hydrogen-bond acceptors (Lipinski definition) is 3. The van der Waals surface area contributed by atoms with Crippen molar-refractivity contribution < 1.29 is 9.53 Å². The second-order valence-electron chi connectivity index (χ2n) is 6.22. The highest BCUT2D eigenvalue weighted by atomic mass is 16.5. The minimum atomic E-state index is -0.00351. The fourth-order valence-corrected chi connectivity index (χ4v) is 3.03. The van der Waals surface area contributed by atoms with Gasteiger partial charge in [0.05, 0.1) is 6.61 Å². The number of nitrogens with zero attached hydrogens (tertiary/aromatic N) is 1. The molecule has 0 saturated carbocycles. The van der Waals surface area contributed by atoms with Gasteiger partial charge in [-0.05, 0) is 62.9 Å². The highest BCUT2D eigenvalue weighted by Gasteiger charge is 2.16. The van der Waals surface area contributed by atoms with E-state index in [1.807, 2.05) is 32.0 Å². The zero-order valence-electron chi connectivity index (χ0n) is 14.0. The molecule has 1 aliphatic heterocycles. The molecule has 1 N–H and O–H groups in total. The molecule has 1 amide bonds. The van der Waals surface area contributed by atoms with Crippen LogP contribution in [0, 0.1) is 12.8 Å². The number of rotatable bonds is 6. The molecule has 1 unspecified atom stereocenters. The van der Waals surface area contributed by atoms with Crippen LogP contribution in [-0.4, -0.2) is 43.6 Å². The van der Waals surface area contributed by atoms with Crippen molar-refractivity contribution in [3.63, 3.8) is 0 Å². The molecule has 0 radical (unpaired) electrons. The first-order chi connectivity index (χ1) is 10.6. The smallest absolute Gasteiger partial charge is 0.251 e. The molecule has 1 fully saturated rings. The van der Waals surface area contributed by atoms with Gasteiger partial charge >= 0.3 is 0 Å². The van der Waals surface area contributed by atoms with Crippen molar-refractivity contribution in [2.75, 3.05) is 32.8 Å². The Hall–Kier alpha value is -1.55. The largest absolute Gasteiger partial charge is 0.494 e. The van der Waals surface area contributed by atoms with Crippen LogP contribution in [0.5, 0.6) is 5.75 Å². The summed E-state index contributed by atoms with van der Waals surface area (Å²) in [5.41, 5.74) is 1.70. The third-order valence-corrected chi connectivity index (χ3v) is 4.19. The summed E-state index contributed by atoms with van der Waals surface area (Å²) in [5, 5.41) is 3.02. The molecule has 4 nitrogen and oxygen atoms in total. The first-order valence-corrected chi connectivity index (χ1v) is 8.34. The Morgan fingerprint density at radius 3 is 2.95 bits per heavy atom. The van der Waals surface area contributed by atoms with E-state index in [0.717, 1.165) is 36.9 Å². The number of carbonyl (C=O) groups is 1. The molecule has 1 aromatic carbocycles. The quantitative estimate of drug-likeness (QED) is 0.878. The first kappa shape index (κ1) is 16.8. The van der Waals surface area contributed by atoms with Crippen LogP contribution >= 0.6 is 0 Å². The van der Waals surface area contributed by atoms with Crippen molar-refractivity contribution in [2.45, 2.75) is 33.6 Å². The number of likely N-dealkylation sites (tertiary alicyclic amines) is 1. The first-order valence-electron chi connectivity index (χ1n) is 8.34. The minimum absolute atomic E-state index is 0.00351. The number of hydrogen-bond donors (Lipinski definition) is 1. The van der Waals surface area contributed by atoms with E-state index in [0.29, 0.717) is 18.7 Å². The Kier molecular flexibility index (Phi) is 6.25. The van der Waals surface area contributed by atoms with Crippen LogP contribution in [-0.2, 0) is 0 Å². The summed E-state index contributed by atoms with van der Waals surface area (Å²) in [6.07, 6.45) is 2.60. The second kappa shape index (κ2) is 8.18. The van der Waals surface area contributed by atoms with Gasteiger partial charge in [0, 0.05) is 25.2 Å². The number of nitrogens with one attached hydrogen (secondary N) is 1. The summed E-state index contributed by atoms with van der Waals surface area (Å²) in [6.45, 7) is 10.8. The Balaban J connectivity index is 1.80. The zero-order chi connectivity index (χ0) is 15.9. The third kappa shape index (κ3) is 4.73. The molecular formula is C18H28N2O2. The third-order valence-electron chi connectivity index (χ3n) is 4.19. The van der Waals surface area contributed by atoms with Crippen LogP contribution in [0.25, 0.3) is 0 Å². The summed E-state index contributed by atoms with van der Waals surface area (Å²) in [6, 6.07) is 5.60. The van der Waals surface area contributed by atoms with E-state index in [1.165, 1.54) is 12.8 Å². The fourth-order valence-electron chi connectivity index (χ4n) is 3.03. The lowest BCUT2D eigenvalue weighted by molar-refractivity contribution is 0.0943. The van der Waals surface area contributed by atoms with Gasteiger partial charge in [0.1, 0.15) is 5.75 Å². The number of benzene rings is 1. The lowest BCUT2D eigenvalue weighted by atomic mass is 10.0. The summed E-state index contributed by atoms with van der Waals surface area (Å²) in [5.74, 6) is 1.62. The minimum Gasteiger partial charge on any atom is -0.494 e. The van der Waals surface area contributed by atoms with Gasteiger partial charge in [-0.2, -0.15) is 0 Å². The Morgan fingerprint density at radius 1 is 1.45 bits per heavy atom. The molecule has 22 heavy (non-hydrogen) atoms. The van der Waals surface area contributed by atoms with E-state index < -0.39 is 0 Å². The van der Waals surface area contributed by atoms with Crippen LogP contribution in [0.2, 0.25) is 0 Å². The number of carbonyl (C=O) groups excluding carboxylic acids is 1. The molecule has 4 heteroatoms. The van der Waals surface area contributed by atoms with E-state index >= 15 is 0 Å². The summed E-state index contributed by atoms with van der Waals surface area (Å²) in [7, 11) is 0. The number of aryl methyl sites for hydroxylation is 1. The van der Waals surface area contributed by atoms with Crippen molar-refractivity contribution >= 4 is 5.91 Å². The summed E-state index contributed by atoms with van der Waals surface area (Å²) in [4.78, 5) is 14.6. The molecule has 0 spiro atoms. The molecule has 0 aliphatic carbocycles. The van der Waals surface area contributed by atoms with E-state index in [1.54, 1.807) is 0 Å². The average molecular weight is 304 g/mol. The Morgan fingerprint density at radius 2 is 2.27 bits per heavy atom. The number of amides is 1. The standard InChI is InChI=1S/C18H28N2O2/c1-4-22-17-8-7-16(12-15(17)3)18(21)19-9-11-20-10-5-6-14(2)13-20/h7-8,12,14H,4-6,9-11,13H2,1-3H3,(H,19,21). The van der Waals surface area contributed by atoms with Crippen molar-refractivity contribution in [2.24, 2.45) is 5.92 Å². The predicted molar refractivity (Wildman–Crippen MR) is 89.5 cm³/mol. The maximum atomic E-state index is 12.2. The van der Waals surface area contributed by atoms with Crippen molar-refractivity contribution in [3.8, 4) is 5.75 Å². The second-order valence-corrected chi connectivity index (χ2v) is 6.22. The highest BCUT2D eigenvalue weighted by molar-refractivity contribution is 5.94. The van der Waals surface area contributed by atoms with E-state index in [-0.39, 0.29) is 5.91 Å². The van der Waals surface area contributed by atoms with E-state index in [2.05, 4.69) is 17.1 Å². The average Bonchev–Trinajstić information content (AvgIpc) is 2.49. The van der Waals surface area contributed by atoms with Crippen LogP contribution in [0.1, 0.15) is 42.6 Å². The lowest BCUT2D eigenvalue weighted by Crippen LogP contribution is -2.40. The van der Waals surface area contributed by atoms with Gasteiger partial charge in [-0.15, -0.1) is 0 Å². The van der Waals surface area contributed by atoms with E-state index in [9.17, 15) is 4.79 Å². The monoisotopic (exact) mass is 304 g/mol. The molecule has 2 rings (SSSR count). The maximum Gasteiger partial charge on any atom is 0.251 e. The van der Waals surface area contributed by atoms with Gasteiger partial charge in [-0.25, -0.2) is 0 Å². The van der Waals surface area contributed by atoms with Crippen molar-refractivity contribution in [1.29, 1.82) is 0 Å². The molecular weight excluding hydrogens is 276 g/mol. The lowest BCUT2D eigenvalue weighted by Gasteiger charge is -2.30. The van der Waals surface area contributed by atoms with Crippen LogP contribution in [0.3, 0.4) is 0 Å². The Bertz CT molecular complexity index is 502. The Labute approximate surface area is 133 Å². The van der Waals surface area contributed by atoms with Crippen LogP contribution < -0.4 is 10.1 Å². The van der Waals surface area contributed by atoms with Gasteiger partial charge in [-0.1, -0.05) is 6.92 Å². The van der Waals surface area contributed by atoms with Crippen LogP contribution in [0.15, 0.2) is 18.2 Å². The maximum absolute atomic E-state index is 12.2. The van der Waals surface area contributed by atoms with Gasteiger partial charge in [0.25, 0.3) is 5.91 Å². The van der Waals surface area contributed by atoms with Gasteiger partial charge < -0.3 is 15.0 Å². The van der Waals surface area contributed by atoms with Crippen molar-refractivity contribution in [3.05, 3.63) is 29.3 Å². The molecule has 0 aromatic heterocycles. The molecule has 1 heterocycles. The molecule has 1 saturated heterocycles. The predicted octanol–water partition coefficient (Wildman–Crippen LogP) is 2.86. The summed E-state index contributed by atoms with van der Waals surface area (Å²) < 4.78 is 5.50. The van der Waals surface area contributed by atoms with E-state index in [4.69, 9.17) is 4.74 Å². The highest BCUT2D eigenvalue weighted by Crippen LogP contribution is 2.19. The van der Waals surface area contributed by atoms with Crippen molar-refractivity contribution in [1.82, 2.24) is 10.2 Å².